The van der Waals surface area contributed by atoms with E-state index < -0.39 is 0 Å². The maximum atomic E-state index is 13.1. The van der Waals surface area contributed by atoms with Crippen molar-refractivity contribution in [2.24, 2.45) is 5.73 Å². The van der Waals surface area contributed by atoms with Crippen LogP contribution in [0.5, 0.6) is 0 Å². The molecule has 1 aliphatic heterocycles. The molecule has 0 spiro atoms. The Bertz CT molecular complexity index is 1290. The molecule has 4 aromatic heterocycles. The van der Waals surface area contributed by atoms with Gasteiger partial charge in [0, 0.05) is 42.0 Å². The van der Waals surface area contributed by atoms with E-state index >= 15 is 0 Å². The molecule has 0 bridgehead atoms. The van der Waals surface area contributed by atoms with Gasteiger partial charge in [-0.25, -0.2) is 4.98 Å². The van der Waals surface area contributed by atoms with E-state index in [4.69, 9.17) is 5.73 Å². The largest absolute Gasteiger partial charge is 0.370 e. The van der Waals surface area contributed by atoms with Crippen molar-refractivity contribution in [2.75, 3.05) is 6.54 Å². The Morgan fingerprint density at radius 2 is 2.13 bits per heavy atom. The van der Waals surface area contributed by atoms with Crippen LogP contribution in [0.1, 0.15) is 34.6 Å². The normalized spacial score (nSPS) is 16.3. The summed E-state index contributed by atoms with van der Waals surface area (Å²) in [7, 11) is 0. The van der Waals surface area contributed by atoms with E-state index in [1.165, 1.54) is 11.3 Å². The number of imidazole rings is 1. The number of carbonyl (C=O) groups is 2. The van der Waals surface area contributed by atoms with Gasteiger partial charge in [0.05, 0.1) is 27.8 Å². The second kappa shape index (κ2) is 7.66. The lowest BCUT2D eigenvalue weighted by atomic mass is 10.1. The SMILES string of the molecule is Cc1[nH]ncc1-c1ccc2ncc(-c3ccc(C(=O)N4CCC[C@H]4CC(N)=O)s3)n2c1. The second-order valence-electron chi connectivity index (χ2n) is 7.83. The molecule has 2 amide bonds. The van der Waals surface area contributed by atoms with E-state index in [0.29, 0.717) is 11.4 Å². The summed E-state index contributed by atoms with van der Waals surface area (Å²) in [4.78, 5) is 32.4. The van der Waals surface area contributed by atoms with Gasteiger partial charge in [0.1, 0.15) is 5.65 Å². The van der Waals surface area contributed by atoms with Crippen LogP contribution in [-0.4, -0.2) is 48.9 Å². The number of nitrogens with two attached hydrogens (primary N) is 1. The fourth-order valence-electron chi connectivity index (χ4n) is 4.24. The number of carbonyl (C=O) groups excluding carboxylic acids is 2. The van der Waals surface area contributed by atoms with Gasteiger partial charge in [-0.3, -0.25) is 19.1 Å². The van der Waals surface area contributed by atoms with Crippen molar-refractivity contribution in [2.45, 2.75) is 32.2 Å². The second-order valence-corrected chi connectivity index (χ2v) is 8.91. The van der Waals surface area contributed by atoms with E-state index in [1.807, 2.05) is 54.2 Å². The molecule has 0 aromatic carbocycles. The van der Waals surface area contributed by atoms with Crippen LogP contribution in [0.25, 0.3) is 27.3 Å². The number of nitrogens with one attached hydrogen (secondary N) is 1. The molecule has 1 atom stereocenters. The fraction of sp³-hybridized carbons (Fsp3) is 0.273. The smallest absolute Gasteiger partial charge is 0.264 e. The van der Waals surface area contributed by atoms with Gasteiger partial charge < -0.3 is 10.6 Å². The summed E-state index contributed by atoms with van der Waals surface area (Å²) >= 11 is 1.44. The van der Waals surface area contributed by atoms with Crippen molar-refractivity contribution in [3.8, 4) is 21.7 Å². The standard InChI is InChI=1S/C22H22N6O2S/c1-13-16(10-25-26-13)14-4-7-21-24-11-17(28(21)12-14)18-5-6-19(31-18)22(30)27-8-2-3-15(27)9-20(23)29/h4-7,10-12,15H,2-3,8-9H2,1H3,(H2,23,29)(H,25,26)/t15-/m0/s1. The Labute approximate surface area is 182 Å². The number of thiophene rings is 1. The van der Waals surface area contributed by atoms with Crippen LogP contribution in [0.4, 0.5) is 0 Å². The van der Waals surface area contributed by atoms with Crippen LogP contribution >= 0.6 is 11.3 Å². The third kappa shape index (κ3) is 3.50. The van der Waals surface area contributed by atoms with Gasteiger partial charge in [-0.05, 0) is 44.0 Å². The predicted molar refractivity (Wildman–Crippen MR) is 119 cm³/mol. The molecule has 0 unspecified atom stereocenters. The summed E-state index contributed by atoms with van der Waals surface area (Å²) < 4.78 is 2.04. The highest BCUT2D eigenvalue weighted by Gasteiger charge is 2.31. The van der Waals surface area contributed by atoms with Gasteiger partial charge in [0.15, 0.2) is 0 Å². The maximum absolute atomic E-state index is 13.1. The van der Waals surface area contributed by atoms with Crippen molar-refractivity contribution in [3.63, 3.8) is 0 Å². The zero-order chi connectivity index (χ0) is 21.5. The van der Waals surface area contributed by atoms with Gasteiger partial charge >= 0.3 is 0 Å². The highest BCUT2D eigenvalue weighted by Crippen LogP contribution is 2.32. The molecule has 0 aliphatic carbocycles. The lowest BCUT2D eigenvalue weighted by Gasteiger charge is -2.23. The Balaban J connectivity index is 1.46. The Morgan fingerprint density at radius 1 is 1.26 bits per heavy atom. The number of H-pyrrole nitrogens is 1. The number of aryl methyl sites for hydroxylation is 1. The molecule has 1 aliphatic rings. The van der Waals surface area contributed by atoms with Crippen molar-refractivity contribution in [1.29, 1.82) is 0 Å². The van der Waals surface area contributed by atoms with Crippen molar-refractivity contribution in [3.05, 3.63) is 53.4 Å². The molecule has 31 heavy (non-hydrogen) atoms. The number of amides is 2. The van der Waals surface area contributed by atoms with Gasteiger partial charge in [0.2, 0.25) is 5.91 Å². The molecule has 158 valence electrons. The molecule has 0 saturated carbocycles. The number of primary amides is 1. The number of aromatic amines is 1. The van der Waals surface area contributed by atoms with Crippen LogP contribution in [-0.2, 0) is 4.79 Å². The molecule has 5 heterocycles. The first-order chi connectivity index (χ1) is 15.0. The highest BCUT2D eigenvalue weighted by molar-refractivity contribution is 7.17. The zero-order valence-electron chi connectivity index (χ0n) is 17.0. The number of likely N-dealkylation sites (tertiary alicyclic amines) is 1. The molecular formula is C22H22N6O2S. The molecule has 0 radical (unpaired) electrons. The average molecular weight is 435 g/mol. The summed E-state index contributed by atoms with van der Waals surface area (Å²) in [6.07, 6.45) is 7.61. The summed E-state index contributed by atoms with van der Waals surface area (Å²) in [5.41, 5.74) is 10.2. The minimum absolute atomic E-state index is 0.0384. The molecule has 4 aromatic rings. The molecule has 1 saturated heterocycles. The highest BCUT2D eigenvalue weighted by atomic mass is 32.1. The van der Waals surface area contributed by atoms with E-state index in [0.717, 1.165) is 45.9 Å². The molecule has 5 rings (SSSR count). The number of pyridine rings is 1. The molecule has 9 heteroatoms. The van der Waals surface area contributed by atoms with Crippen molar-refractivity contribution < 1.29 is 9.59 Å². The first kappa shape index (κ1) is 19.5. The van der Waals surface area contributed by atoms with Gasteiger partial charge in [-0.1, -0.05) is 0 Å². The number of hydrogen-bond donors (Lipinski definition) is 2. The van der Waals surface area contributed by atoms with Crippen molar-refractivity contribution in [1.82, 2.24) is 24.5 Å². The van der Waals surface area contributed by atoms with E-state index in [-0.39, 0.29) is 24.3 Å². The summed E-state index contributed by atoms with van der Waals surface area (Å²) in [5.74, 6) is -0.408. The molecule has 8 nitrogen and oxygen atoms in total. The lowest BCUT2D eigenvalue weighted by molar-refractivity contribution is -0.118. The average Bonchev–Trinajstić information content (AvgIpc) is 3.53. The van der Waals surface area contributed by atoms with E-state index in [2.05, 4.69) is 15.2 Å². The van der Waals surface area contributed by atoms with E-state index in [1.54, 1.807) is 4.90 Å². The number of nitrogens with zero attached hydrogens (tertiary/aromatic N) is 4. The third-order valence-electron chi connectivity index (χ3n) is 5.79. The van der Waals surface area contributed by atoms with Gasteiger partial charge in [0.25, 0.3) is 5.91 Å². The Kier molecular flexibility index (Phi) is 4.82. The monoisotopic (exact) mass is 434 g/mol. The molecule has 1 fully saturated rings. The minimum atomic E-state index is -0.369. The molecule has 3 N–H and O–H groups in total. The van der Waals surface area contributed by atoms with Gasteiger partial charge in [-0.2, -0.15) is 5.10 Å². The summed E-state index contributed by atoms with van der Waals surface area (Å²) in [5, 5.41) is 7.08. The molecular weight excluding hydrogens is 412 g/mol. The Morgan fingerprint density at radius 3 is 2.90 bits per heavy atom. The number of aromatic nitrogens is 4. The van der Waals surface area contributed by atoms with Crippen LogP contribution < -0.4 is 5.73 Å². The minimum Gasteiger partial charge on any atom is -0.370 e. The third-order valence-corrected chi connectivity index (χ3v) is 6.89. The van der Waals surface area contributed by atoms with Crippen LogP contribution in [0.2, 0.25) is 0 Å². The Hall–Kier alpha value is -3.46. The topological polar surface area (TPSA) is 109 Å². The first-order valence-electron chi connectivity index (χ1n) is 10.2. The van der Waals surface area contributed by atoms with Crippen LogP contribution in [0.3, 0.4) is 0 Å². The van der Waals surface area contributed by atoms with Crippen LogP contribution in [0, 0.1) is 6.92 Å². The van der Waals surface area contributed by atoms with Gasteiger partial charge in [-0.15, -0.1) is 11.3 Å². The zero-order valence-corrected chi connectivity index (χ0v) is 17.9. The lowest BCUT2D eigenvalue weighted by Crippen LogP contribution is -2.37. The van der Waals surface area contributed by atoms with E-state index in [9.17, 15) is 9.59 Å². The summed E-state index contributed by atoms with van der Waals surface area (Å²) in [6, 6.07) is 7.71. The van der Waals surface area contributed by atoms with Crippen LogP contribution in [0.15, 0.2) is 42.9 Å². The fourth-order valence-corrected chi connectivity index (χ4v) is 5.21. The predicted octanol–water partition coefficient (Wildman–Crippen LogP) is 3.24. The number of hydrogen-bond acceptors (Lipinski definition) is 5. The maximum Gasteiger partial charge on any atom is 0.264 e. The quantitative estimate of drug-likeness (QED) is 0.502. The first-order valence-corrected chi connectivity index (χ1v) is 11.0. The summed E-state index contributed by atoms with van der Waals surface area (Å²) in [6.45, 7) is 2.65. The van der Waals surface area contributed by atoms with Crippen molar-refractivity contribution >= 4 is 28.8 Å². The number of rotatable bonds is 5. The number of fused-ring (bicyclic) bond motifs is 1.